The van der Waals surface area contributed by atoms with Gasteiger partial charge in [-0.15, -0.1) is 0 Å². The molecule has 0 amide bonds. The lowest BCUT2D eigenvalue weighted by atomic mass is 9.70. The van der Waals surface area contributed by atoms with Crippen molar-refractivity contribution in [3.8, 4) is 0 Å². The fraction of sp³-hybridized carbons (Fsp3) is 0.923. The van der Waals surface area contributed by atoms with Crippen LogP contribution in [0.2, 0.25) is 0 Å². The van der Waals surface area contributed by atoms with Crippen molar-refractivity contribution in [3.63, 3.8) is 0 Å². The molecule has 1 N–H and O–H groups in total. The predicted molar refractivity (Wildman–Crippen MR) is 59.6 cm³/mol. The largest absolute Gasteiger partial charge is 0.481 e. The monoisotopic (exact) mass is 210 g/mol. The Kier molecular flexibility index (Phi) is 2.36. The summed E-state index contributed by atoms with van der Waals surface area (Å²) in [6.45, 7) is 6.55. The quantitative estimate of drug-likeness (QED) is 0.759. The van der Waals surface area contributed by atoms with E-state index in [-0.39, 0.29) is 11.3 Å². The standard InChI is InChI=1S/C13H22O2/c1-12(2)9(11(14)15)10(12)13(3)7-5-4-6-8-13/h9-10H,4-8H2,1-3H3,(H,14,15)/t9-,10+/m0/s1. The highest BCUT2D eigenvalue weighted by atomic mass is 16.4. The number of aliphatic carboxylic acids is 1. The van der Waals surface area contributed by atoms with Gasteiger partial charge in [0.25, 0.3) is 0 Å². The van der Waals surface area contributed by atoms with E-state index in [1.807, 2.05) is 0 Å². The number of carbonyl (C=O) groups is 1. The number of carboxylic acid groups (broad SMARTS) is 1. The van der Waals surface area contributed by atoms with Crippen molar-refractivity contribution in [2.45, 2.75) is 52.9 Å². The van der Waals surface area contributed by atoms with Crippen LogP contribution in [0.5, 0.6) is 0 Å². The second-order valence-electron chi connectivity index (χ2n) is 6.33. The maximum atomic E-state index is 11.2. The molecular weight excluding hydrogens is 188 g/mol. The zero-order chi connectivity index (χ0) is 11.3. The van der Waals surface area contributed by atoms with Gasteiger partial charge in [-0.2, -0.15) is 0 Å². The van der Waals surface area contributed by atoms with Crippen molar-refractivity contribution >= 4 is 5.97 Å². The molecule has 2 aliphatic rings. The molecule has 15 heavy (non-hydrogen) atoms. The van der Waals surface area contributed by atoms with Crippen LogP contribution in [0.4, 0.5) is 0 Å². The Morgan fingerprint density at radius 3 is 2.07 bits per heavy atom. The van der Waals surface area contributed by atoms with Crippen molar-refractivity contribution in [1.29, 1.82) is 0 Å². The van der Waals surface area contributed by atoms with Crippen LogP contribution in [0.15, 0.2) is 0 Å². The van der Waals surface area contributed by atoms with Crippen molar-refractivity contribution < 1.29 is 9.90 Å². The lowest BCUT2D eigenvalue weighted by Crippen LogP contribution is -2.25. The van der Waals surface area contributed by atoms with Gasteiger partial charge in [0, 0.05) is 0 Å². The summed E-state index contributed by atoms with van der Waals surface area (Å²) in [5, 5.41) is 9.20. The Balaban J connectivity index is 2.15. The smallest absolute Gasteiger partial charge is 0.307 e. The Bertz CT molecular complexity index is 274. The summed E-state index contributed by atoms with van der Waals surface area (Å²) in [4.78, 5) is 11.2. The molecule has 2 saturated carbocycles. The second-order valence-corrected chi connectivity index (χ2v) is 6.33. The van der Waals surface area contributed by atoms with Crippen LogP contribution in [0.25, 0.3) is 0 Å². The molecule has 0 saturated heterocycles. The van der Waals surface area contributed by atoms with Gasteiger partial charge < -0.3 is 5.11 Å². The van der Waals surface area contributed by atoms with Gasteiger partial charge in [0.2, 0.25) is 0 Å². The van der Waals surface area contributed by atoms with E-state index >= 15 is 0 Å². The minimum atomic E-state index is -0.586. The Morgan fingerprint density at radius 1 is 1.13 bits per heavy atom. The fourth-order valence-electron chi connectivity index (χ4n) is 4.07. The van der Waals surface area contributed by atoms with Gasteiger partial charge in [0.15, 0.2) is 0 Å². The highest BCUT2D eigenvalue weighted by molar-refractivity contribution is 5.75. The molecule has 0 bridgehead atoms. The summed E-state index contributed by atoms with van der Waals surface area (Å²) in [5.74, 6) is -0.278. The van der Waals surface area contributed by atoms with Crippen LogP contribution >= 0.6 is 0 Å². The van der Waals surface area contributed by atoms with Gasteiger partial charge in [-0.25, -0.2) is 0 Å². The minimum absolute atomic E-state index is 0.0257. The van der Waals surface area contributed by atoms with E-state index in [9.17, 15) is 9.90 Å². The topological polar surface area (TPSA) is 37.3 Å². The summed E-state index contributed by atoms with van der Waals surface area (Å²) in [6.07, 6.45) is 6.36. The summed E-state index contributed by atoms with van der Waals surface area (Å²) in [5.41, 5.74) is 0.322. The normalized spacial score (nSPS) is 37.3. The third-order valence-electron chi connectivity index (χ3n) is 4.84. The third-order valence-corrected chi connectivity index (χ3v) is 4.84. The second kappa shape index (κ2) is 3.23. The highest BCUT2D eigenvalue weighted by Crippen LogP contribution is 2.68. The Labute approximate surface area is 92.1 Å². The number of rotatable bonds is 2. The first-order valence-electron chi connectivity index (χ1n) is 6.12. The molecule has 0 aromatic carbocycles. The highest BCUT2D eigenvalue weighted by Gasteiger charge is 2.67. The van der Waals surface area contributed by atoms with Crippen molar-refractivity contribution in [3.05, 3.63) is 0 Å². The van der Waals surface area contributed by atoms with Crippen molar-refractivity contribution in [1.82, 2.24) is 0 Å². The Hall–Kier alpha value is -0.530. The van der Waals surface area contributed by atoms with Gasteiger partial charge in [-0.05, 0) is 29.6 Å². The van der Waals surface area contributed by atoms with Crippen LogP contribution < -0.4 is 0 Å². The molecule has 0 aliphatic heterocycles. The molecule has 0 heterocycles. The predicted octanol–water partition coefficient (Wildman–Crippen LogP) is 3.31. The summed E-state index contributed by atoms with van der Waals surface area (Å²) < 4.78 is 0. The van der Waals surface area contributed by atoms with E-state index in [2.05, 4.69) is 20.8 Å². The SMILES string of the molecule is CC1([C@@H]2[C@@H](C(=O)O)C2(C)C)CCCCC1. The van der Waals surface area contributed by atoms with Gasteiger partial charge in [0.1, 0.15) is 0 Å². The van der Waals surface area contributed by atoms with Crippen molar-refractivity contribution in [2.24, 2.45) is 22.7 Å². The molecule has 2 atom stereocenters. The third kappa shape index (κ3) is 1.58. The average Bonchev–Trinajstić information content (AvgIpc) is 2.71. The molecule has 2 rings (SSSR count). The maximum Gasteiger partial charge on any atom is 0.307 e. The molecule has 2 nitrogen and oxygen atoms in total. The molecule has 2 aliphatic carbocycles. The molecule has 0 spiro atoms. The van der Waals surface area contributed by atoms with Gasteiger partial charge in [-0.1, -0.05) is 40.0 Å². The van der Waals surface area contributed by atoms with Crippen molar-refractivity contribution in [2.75, 3.05) is 0 Å². The van der Waals surface area contributed by atoms with Crippen LogP contribution in [-0.4, -0.2) is 11.1 Å². The molecule has 0 aromatic rings. The molecule has 0 unspecified atom stereocenters. The summed E-state index contributed by atoms with van der Waals surface area (Å²) >= 11 is 0. The first-order chi connectivity index (χ1) is 6.89. The average molecular weight is 210 g/mol. The molecule has 2 heteroatoms. The van der Waals surface area contributed by atoms with E-state index in [0.717, 1.165) is 0 Å². The molecule has 2 fully saturated rings. The first-order valence-corrected chi connectivity index (χ1v) is 6.12. The van der Waals surface area contributed by atoms with Gasteiger partial charge in [0.05, 0.1) is 5.92 Å². The molecule has 86 valence electrons. The number of hydrogen-bond acceptors (Lipinski definition) is 1. The zero-order valence-corrected chi connectivity index (χ0v) is 10.0. The van der Waals surface area contributed by atoms with Crippen LogP contribution in [0, 0.1) is 22.7 Å². The van der Waals surface area contributed by atoms with Crippen LogP contribution in [-0.2, 0) is 4.79 Å². The van der Waals surface area contributed by atoms with Gasteiger partial charge >= 0.3 is 5.97 Å². The van der Waals surface area contributed by atoms with Crippen LogP contribution in [0.3, 0.4) is 0 Å². The maximum absolute atomic E-state index is 11.2. The van der Waals surface area contributed by atoms with Gasteiger partial charge in [-0.3, -0.25) is 4.79 Å². The molecular formula is C13H22O2. The lowest BCUT2D eigenvalue weighted by Gasteiger charge is -2.35. The number of hydrogen-bond donors (Lipinski definition) is 1. The zero-order valence-electron chi connectivity index (χ0n) is 10.0. The Morgan fingerprint density at radius 2 is 1.67 bits per heavy atom. The minimum Gasteiger partial charge on any atom is -0.481 e. The molecule has 0 aromatic heterocycles. The summed E-state index contributed by atoms with van der Waals surface area (Å²) in [7, 11) is 0. The fourth-order valence-corrected chi connectivity index (χ4v) is 4.07. The number of carboxylic acids is 1. The van der Waals surface area contributed by atoms with E-state index in [1.54, 1.807) is 0 Å². The van der Waals surface area contributed by atoms with E-state index in [0.29, 0.717) is 11.3 Å². The first kappa shape index (κ1) is 11.0. The summed E-state index contributed by atoms with van der Waals surface area (Å²) in [6, 6.07) is 0. The van der Waals surface area contributed by atoms with E-state index < -0.39 is 5.97 Å². The van der Waals surface area contributed by atoms with Crippen LogP contribution in [0.1, 0.15) is 52.9 Å². The lowest BCUT2D eigenvalue weighted by molar-refractivity contribution is -0.139. The van der Waals surface area contributed by atoms with E-state index in [1.165, 1.54) is 32.1 Å². The molecule has 0 radical (unpaired) electrons. The van der Waals surface area contributed by atoms with E-state index in [4.69, 9.17) is 0 Å².